The highest BCUT2D eigenvalue weighted by Crippen LogP contribution is 2.49. The topological polar surface area (TPSA) is 108 Å². The lowest BCUT2D eigenvalue weighted by Gasteiger charge is -2.42. The first-order chi connectivity index (χ1) is 16.8. The average Bonchev–Trinajstić information content (AvgIpc) is 3.18. The SMILES string of the molecule is NC1(c2ccc(Cl)cc2)C(C2CCCCC2)NC(C(=O)NCCC(O)CO)C1c1cccc(Cl)c1. The maximum atomic E-state index is 13.6. The molecule has 6 N–H and O–H groups in total. The van der Waals surface area contributed by atoms with E-state index in [4.69, 9.17) is 34.0 Å². The van der Waals surface area contributed by atoms with E-state index in [-0.39, 0.29) is 37.4 Å². The molecule has 2 fully saturated rings. The third kappa shape index (κ3) is 5.68. The normalized spacial score (nSPS) is 28.1. The first-order valence-electron chi connectivity index (χ1n) is 12.5. The zero-order valence-electron chi connectivity index (χ0n) is 19.8. The lowest BCUT2D eigenvalue weighted by Crippen LogP contribution is -2.54. The second-order valence-corrected chi connectivity index (χ2v) is 10.8. The van der Waals surface area contributed by atoms with Gasteiger partial charge in [0.2, 0.25) is 5.91 Å². The van der Waals surface area contributed by atoms with E-state index in [0.29, 0.717) is 16.0 Å². The predicted octanol–water partition coefficient (Wildman–Crippen LogP) is 3.71. The maximum absolute atomic E-state index is 13.6. The van der Waals surface area contributed by atoms with Crippen LogP contribution in [0.3, 0.4) is 0 Å². The molecule has 4 rings (SSSR count). The van der Waals surface area contributed by atoms with Crippen LogP contribution in [-0.4, -0.2) is 47.5 Å². The lowest BCUT2D eigenvalue weighted by atomic mass is 9.66. The number of carbonyl (C=O) groups excluding carboxylic acids is 1. The van der Waals surface area contributed by atoms with Gasteiger partial charge in [-0.15, -0.1) is 0 Å². The van der Waals surface area contributed by atoms with Crippen LogP contribution in [0.2, 0.25) is 10.0 Å². The van der Waals surface area contributed by atoms with E-state index in [1.54, 1.807) is 0 Å². The van der Waals surface area contributed by atoms with E-state index in [1.807, 2.05) is 48.5 Å². The Labute approximate surface area is 217 Å². The number of hydrogen-bond donors (Lipinski definition) is 5. The Morgan fingerprint density at radius 2 is 1.83 bits per heavy atom. The van der Waals surface area contributed by atoms with Crippen LogP contribution in [0, 0.1) is 5.92 Å². The molecule has 190 valence electrons. The van der Waals surface area contributed by atoms with Crippen molar-refractivity contribution in [1.29, 1.82) is 0 Å². The van der Waals surface area contributed by atoms with Gasteiger partial charge in [-0.05, 0) is 60.6 Å². The Morgan fingerprint density at radius 3 is 2.49 bits per heavy atom. The van der Waals surface area contributed by atoms with Crippen molar-refractivity contribution in [2.75, 3.05) is 13.2 Å². The van der Waals surface area contributed by atoms with Gasteiger partial charge in [0.15, 0.2) is 0 Å². The molecular weight excluding hydrogens is 485 g/mol. The molecule has 1 heterocycles. The zero-order chi connectivity index (χ0) is 25.0. The Bertz CT molecular complexity index is 999. The third-order valence-corrected chi connectivity index (χ3v) is 8.15. The average molecular weight is 521 g/mol. The van der Waals surface area contributed by atoms with Crippen LogP contribution in [0.15, 0.2) is 48.5 Å². The van der Waals surface area contributed by atoms with Crippen molar-refractivity contribution in [3.05, 3.63) is 69.7 Å². The fraction of sp³-hybridized carbons (Fsp3) is 0.519. The maximum Gasteiger partial charge on any atom is 0.237 e. The van der Waals surface area contributed by atoms with Gasteiger partial charge in [0, 0.05) is 28.5 Å². The summed E-state index contributed by atoms with van der Waals surface area (Å²) in [7, 11) is 0. The van der Waals surface area contributed by atoms with Crippen molar-refractivity contribution in [1.82, 2.24) is 10.6 Å². The van der Waals surface area contributed by atoms with Gasteiger partial charge in [0.05, 0.1) is 24.3 Å². The van der Waals surface area contributed by atoms with Gasteiger partial charge in [-0.25, -0.2) is 0 Å². The molecule has 2 aromatic carbocycles. The quantitative estimate of drug-likeness (QED) is 0.365. The molecule has 0 bridgehead atoms. The summed E-state index contributed by atoms with van der Waals surface area (Å²) >= 11 is 12.6. The Morgan fingerprint density at radius 1 is 1.11 bits per heavy atom. The van der Waals surface area contributed by atoms with Gasteiger partial charge in [-0.2, -0.15) is 0 Å². The number of amides is 1. The van der Waals surface area contributed by atoms with Crippen LogP contribution in [0.4, 0.5) is 0 Å². The molecule has 35 heavy (non-hydrogen) atoms. The number of carbonyl (C=O) groups is 1. The molecule has 6 nitrogen and oxygen atoms in total. The standard InChI is InChI=1S/C27H35Cl2N3O3/c28-20-11-9-19(10-12-20)27(30)23(18-7-4-8-21(29)15-18)24(26(35)31-14-13-22(34)16-33)32-25(27)17-5-2-1-3-6-17/h4,7-12,15,17,22-25,32-34H,1-3,5-6,13-14,16,30H2,(H,31,35). The molecule has 2 aromatic rings. The summed E-state index contributed by atoms with van der Waals surface area (Å²) in [6.45, 7) is -0.0808. The number of rotatable bonds is 8. The van der Waals surface area contributed by atoms with Gasteiger partial charge in [-0.3, -0.25) is 10.1 Å². The van der Waals surface area contributed by atoms with E-state index in [0.717, 1.165) is 36.8 Å². The van der Waals surface area contributed by atoms with E-state index in [9.17, 15) is 9.90 Å². The third-order valence-electron chi connectivity index (χ3n) is 7.66. The zero-order valence-corrected chi connectivity index (χ0v) is 21.3. The molecule has 5 unspecified atom stereocenters. The minimum atomic E-state index is -0.871. The van der Waals surface area contributed by atoms with Crippen LogP contribution in [0.5, 0.6) is 0 Å². The molecule has 0 aromatic heterocycles. The van der Waals surface area contributed by atoms with Crippen LogP contribution >= 0.6 is 23.2 Å². The number of aliphatic hydroxyl groups is 2. The smallest absolute Gasteiger partial charge is 0.237 e. The van der Waals surface area contributed by atoms with Gasteiger partial charge in [0.25, 0.3) is 0 Å². The Balaban J connectivity index is 1.76. The predicted molar refractivity (Wildman–Crippen MR) is 140 cm³/mol. The van der Waals surface area contributed by atoms with Crippen molar-refractivity contribution in [3.8, 4) is 0 Å². The highest BCUT2D eigenvalue weighted by atomic mass is 35.5. The summed E-state index contributed by atoms with van der Waals surface area (Å²) in [4.78, 5) is 13.6. The molecule has 8 heteroatoms. The van der Waals surface area contributed by atoms with Crippen LogP contribution in [-0.2, 0) is 10.3 Å². The Kier molecular flexibility index (Phi) is 8.74. The number of halogens is 2. The number of hydrogen-bond acceptors (Lipinski definition) is 5. The van der Waals surface area contributed by atoms with E-state index in [1.165, 1.54) is 6.42 Å². The minimum absolute atomic E-state index is 0.119. The summed E-state index contributed by atoms with van der Waals surface area (Å²) in [5.74, 6) is -0.223. The summed E-state index contributed by atoms with van der Waals surface area (Å²) in [5.41, 5.74) is 8.42. The van der Waals surface area contributed by atoms with E-state index >= 15 is 0 Å². The van der Waals surface area contributed by atoms with E-state index in [2.05, 4.69) is 10.6 Å². The van der Waals surface area contributed by atoms with Crippen molar-refractivity contribution >= 4 is 29.1 Å². The van der Waals surface area contributed by atoms with Crippen LogP contribution in [0.25, 0.3) is 0 Å². The summed E-state index contributed by atoms with van der Waals surface area (Å²) < 4.78 is 0. The molecule has 1 amide bonds. The number of nitrogens with one attached hydrogen (secondary N) is 2. The summed E-state index contributed by atoms with van der Waals surface area (Å²) in [5, 5.41) is 26.6. The summed E-state index contributed by atoms with van der Waals surface area (Å²) in [6.07, 6.45) is 5.04. The lowest BCUT2D eigenvalue weighted by molar-refractivity contribution is -0.123. The second-order valence-electron chi connectivity index (χ2n) is 9.91. The van der Waals surface area contributed by atoms with Gasteiger partial charge < -0.3 is 21.3 Å². The van der Waals surface area contributed by atoms with Crippen molar-refractivity contribution in [2.24, 2.45) is 11.7 Å². The molecule has 0 radical (unpaired) electrons. The second kappa shape index (κ2) is 11.6. The van der Waals surface area contributed by atoms with Gasteiger partial charge in [0.1, 0.15) is 0 Å². The van der Waals surface area contributed by atoms with E-state index < -0.39 is 17.7 Å². The van der Waals surface area contributed by atoms with Crippen LogP contribution in [0.1, 0.15) is 55.6 Å². The highest BCUT2D eigenvalue weighted by molar-refractivity contribution is 6.30. The number of benzene rings is 2. The van der Waals surface area contributed by atoms with Crippen LogP contribution < -0.4 is 16.4 Å². The molecule has 0 spiro atoms. The van der Waals surface area contributed by atoms with Crippen molar-refractivity contribution in [2.45, 2.75) is 68.2 Å². The van der Waals surface area contributed by atoms with Crippen molar-refractivity contribution < 1.29 is 15.0 Å². The molecule has 5 atom stereocenters. The van der Waals surface area contributed by atoms with Gasteiger partial charge >= 0.3 is 0 Å². The highest BCUT2D eigenvalue weighted by Gasteiger charge is 2.58. The largest absolute Gasteiger partial charge is 0.394 e. The monoisotopic (exact) mass is 519 g/mol. The minimum Gasteiger partial charge on any atom is -0.394 e. The first kappa shape index (κ1) is 26.4. The van der Waals surface area contributed by atoms with Gasteiger partial charge in [-0.1, -0.05) is 66.7 Å². The van der Waals surface area contributed by atoms with Crippen molar-refractivity contribution in [3.63, 3.8) is 0 Å². The molecule has 1 saturated heterocycles. The molecule has 2 aliphatic rings. The Hall–Kier alpha value is -1.67. The fourth-order valence-electron chi connectivity index (χ4n) is 5.95. The number of aliphatic hydroxyl groups excluding tert-OH is 2. The molecule has 1 aliphatic carbocycles. The molecule has 1 saturated carbocycles. The number of nitrogens with two attached hydrogens (primary N) is 1. The molecular formula is C27H35Cl2N3O3. The molecule has 1 aliphatic heterocycles. The first-order valence-corrected chi connectivity index (χ1v) is 13.2. The fourth-order valence-corrected chi connectivity index (χ4v) is 6.27. The summed E-state index contributed by atoms with van der Waals surface area (Å²) in [6, 6.07) is 14.5.